The van der Waals surface area contributed by atoms with E-state index in [0.29, 0.717) is 22.0 Å². The van der Waals surface area contributed by atoms with Gasteiger partial charge in [0.2, 0.25) is 5.91 Å². The topological polar surface area (TPSA) is 82.3 Å². The number of benzene rings is 3. The van der Waals surface area contributed by atoms with Gasteiger partial charge in [-0.15, -0.1) is 0 Å². The predicted octanol–water partition coefficient (Wildman–Crippen LogP) is 3.69. The molecule has 0 aliphatic rings. The molecule has 1 heterocycles. The Morgan fingerprint density at radius 3 is 2.39 bits per heavy atom. The number of rotatable bonds is 6. The van der Waals surface area contributed by atoms with Gasteiger partial charge in [0.25, 0.3) is 5.56 Å². The maximum absolute atomic E-state index is 13.4. The van der Waals surface area contributed by atoms with E-state index in [1.165, 1.54) is 17.7 Å². The van der Waals surface area contributed by atoms with Crippen LogP contribution in [0.25, 0.3) is 16.6 Å². The second-order valence-electron chi connectivity index (χ2n) is 7.57. The first-order chi connectivity index (χ1) is 15.9. The smallest absolute Gasteiger partial charge is 0.336 e. The molecular formula is C25H22ClN3O4. The van der Waals surface area contributed by atoms with E-state index in [1.807, 2.05) is 37.3 Å². The molecule has 7 nitrogen and oxygen atoms in total. The maximum Gasteiger partial charge on any atom is 0.336 e. The average Bonchev–Trinajstić information content (AvgIpc) is 2.82. The summed E-state index contributed by atoms with van der Waals surface area (Å²) in [4.78, 5) is 39.5. The fourth-order valence-corrected chi connectivity index (χ4v) is 3.87. The molecule has 0 bridgehead atoms. The van der Waals surface area contributed by atoms with Crippen LogP contribution in [0.2, 0.25) is 5.02 Å². The van der Waals surface area contributed by atoms with Crippen LogP contribution in [0.4, 0.5) is 0 Å². The van der Waals surface area contributed by atoms with Crippen molar-refractivity contribution in [2.24, 2.45) is 0 Å². The van der Waals surface area contributed by atoms with Crippen LogP contribution in [0.1, 0.15) is 18.5 Å². The van der Waals surface area contributed by atoms with E-state index >= 15 is 0 Å². The van der Waals surface area contributed by atoms with Gasteiger partial charge in [0.05, 0.1) is 29.7 Å². The molecule has 0 spiro atoms. The van der Waals surface area contributed by atoms with Crippen molar-refractivity contribution in [3.63, 3.8) is 0 Å². The van der Waals surface area contributed by atoms with Crippen LogP contribution in [0, 0.1) is 0 Å². The Balaban J connectivity index is 1.79. The molecule has 0 fully saturated rings. The second-order valence-corrected chi connectivity index (χ2v) is 8.01. The lowest BCUT2D eigenvalue weighted by molar-refractivity contribution is -0.122. The zero-order valence-electron chi connectivity index (χ0n) is 18.1. The van der Waals surface area contributed by atoms with E-state index in [9.17, 15) is 14.4 Å². The van der Waals surface area contributed by atoms with Gasteiger partial charge < -0.3 is 10.1 Å². The molecule has 1 N–H and O–H groups in total. The number of methoxy groups -OCH3 is 1. The molecule has 33 heavy (non-hydrogen) atoms. The van der Waals surface area contributed by atoms with Crippen LogP contribution in [0.15, 0.2) is 82.4 Å². The summed E-state index contributed by atoms with van der Waals surface area (Å²) in [6, 6.07) is 20.5. The van der Waals surface area contributed by atoms with Crippen LogP contribution >= 0.6 is 11.6 Å². The first-order valence-corrected chi connectivity index (χ1v) is 10.7. The highest BCUT2D eigenvalue weighted by Gasteiger charge is 2.18. The number of ether oxygens (including phenoxy) is 1. The Morgan fingerprint density at radius 1 is 1.03 bits per heavy atom. The highest BCUT2D eigenvalue weighted by Crippen LogP contribution is 2.18. The van der Waals surface area contributed by atoms with Gasteiger partial charge in [0.1, 0.15) is 12.3 Å². The molecule has 0 saturated carbocycles. The minimum absolute atomic E-state index is 0.253. The summed E-state index contributed by atoms with van der Waals surface area (Å²) >= 11 is 6.15. The Bertz CT molecular complexity index is 1430. The minimum Gasteiger partial charge on any atom is -0.497 e. The molecule has 0 aliphatic heterocycles. The third-order valence-corrected chi connectivity index (χ3v) is 5.65. The Labute approximate surface area is 194 Å². The van der Waals surface area contributed by atoms with Gasteiger partial charge in [-0.05, 0) is 55.0 Å². The third kappa shape index (κ3) is 4.54. The highest BCUT2D eigenvalue weighted by atomic mass is 35.5. The molecule has 4 aromatic rings. The maximum atomic E-state index is 13.4. The molecule has 1 aromatic heterocycles. The molecule has 4 rings (SSSR count). The molecular weight excluding hydrogens is 442 g/mol. The lowest BCUT2D eigenvalue weighted by atomic mass is 10.1. The van der Waals surface area contributed by atoms with Crippen molar-refractivity contribution in [2.45, 2.75) is 19.5 Å². The predicted molar refractivity (Wildman–Crippen MR) is 128 cm³/mol. The number of carbonyl (C=O) groups excluding carboxylic acids is 1. The zero-order chi connectivity index (χ0) is 23.5. The van der Waals surface area contributed by atoms with Gasteiger partial charge in [0.15, 0.2) is 0 Å². The van der Waals surface area contributed by atoms with E-state index in [0.717, 1.165) is 10.1 Å². The van der Waals surface area contributed by atoms with Crippen molar-refractivity contribution in [1.82, 2.24) is 14.5 Å². The van der Waals surface area contributed by atoms with Gasteiger partial charge in [-0.2, -0.15) is 0 Å². The van der Waals surface area contributed by atoms with E-state index < -0.39 is 11.2 Å². The molecule has 0 saturated heterocycles. The number of nitrogens with one attached hydrogen (secondary N) is 1. The van der Waals surface area contributed by atoms with Crippen molar-refractivity contribution in [1.29, 1.82) is 0 Å². The number of amides is 1. The van der Waals surface area contributed by atoms with Gasteiger partial charge in [-0.3, -0.25) is 14.2 Å². The number of nitrogens with zero attached hydrogens (tertiary/aromatic N) is 2. The molecule has 0 unspecified atom stereocenters. The number of fused-ring (bicyclic) bond motifs is 1. The lowest BCUT2D eigenvalue weighted by Crippen LogP contribution is -2.42. The summed E-state index contributed by atoms with van der Waals surface area (Å²) in [7, 11) is 1.53. The van der Waals surface area contributed by atoms with Crippen molar-refractivity contribution < 1.29 is 9.53 Å². The number of hydrogen-bond acceptors (Lipinski definition) is 4. The Morgan fingerprint density at radius 2 is 1.73 bits per heavy atom. The number of halogens is 1. The molecule has 1 amide bonds. The SMILES string of the molecule is COc1ccc(-n2c(=O)c3ccc(Cl)cc3n(CC(=O)N[C@@H](C)c3ccccc3)c2=O)cc1. The van der Waals surface area contributed by atoms with Gasteiger partial charge in [-0.1, -0.05) is 41.9 Å². The summed E-state index contributed by atoms with van der Waals surface area (Å²) in [5.41, 5.74) is 0.474. The molecule has 168 valence electrons. The van der Waals surface area contributed by atoms with Gasteiger partial charge in [0, 0.05) is 5.02 Å². The van der Waals surface area contributed by atoms with Gasteiger partial charge in [-0.25, -0.2) is 9.36 Å². The molecule has 8 heteroatoms. The number of hydrogen-bond donors (Lipinski definition) is 1. The fraction of sp³-hybridized carbons (Fsp3) is 0.160. The fourth-order valence-electron chi connectivity index (χ4n) is 3.71. The zero-order valence-corrected chi connectivity index (χ0v) is 18.9. The summed E-state index contributed by atoms with van der Waals surface area (Å²) < 4.78 is 7.47. The van der Waals surface area contributed by atoms with Crippen LogP contribution in [0.3, 0.4) is 0 Å². The van der Waals surface area contributed by atoms with Crippen molar-refractivity contribution in [2.75, 3.05) is 7.11 Å². The van der Waals surface area contributed by atoms with Crippen molar-refractivity contribution in [3.05, 3.63) is 104 Å². The van der Waals surface area contributed by atoms with Gasteiger partial charge >= 0.3 is 5.69 Å². The van der Waals surface area contributed by atoms with Crippen molar-refractivity contribution >= 4 is 28.4 Å². The number of aromatic nitrogens is 2. The monoisotopic (exact) mass is 463 g/mol. The standard InChI is InChI=1S/C25H22ClN3O4/c1-16(17-6-4-3-5-7-17)27-23(30)15-28-22-14-18(26)8-13-21(22)24(31)29(25(28)32)19-9-11-20(33-2)12-10-19/h3-14,16H,15H2,1-2H3,(H,27,30)/t16-/m0/s1. The van der Waals surface area contributed by atoms with Crippen molar-refractivity contribution in [3.8, 4) is 11.4 Å². The highest BCUT2D eigenvalue weighted by molar-refractivity contribution is 6.31. The molecule has 1 atom stereocenters. The van der Waals surface area contributed by atoms with E-state index in [1.54, 1.807) is 36.4 Å². The normalized spacial score (nSPS) is 11.8. The van der Waals surface area contributed by atoms with Crippen LogP contribution < -0.4 is 21.3 Å². The molecule has 0 aliphatic carbocycles. The van der Waals surface area contributed by atoms with E-state index in [-0.39, 0.29) is 23.9 Å². The average molecular weight is 464 g/mol. The summed E-state index contributed by atoms with van der Waals surface area (Å²) in [6.07, 6.45) is 0. The van der Waals surface area contributed by atoms with Crippen LogP contribution in [-0.4, -0.2) is 22.2 Å². The Kier molecular flexibility index (Phi) is 6.33. The summed E-state index contributed by atoms with van der Waals surface area (Å²) in [6.45, 7) is 1.59. The largest absolute Gasteiger partial charge is 0.497 e. The number of carbonyl (C=O) groups is 1. The summed E-state index contributed by atoms with van der Waals surface area (Å²) in [5, 5.41) is 3.54. The third-order valence-electron chi connectivity index (χ3n) is 5.42. The second kappa shape index (κ2) is 9.34. The lowest BCUT2D eigenvalue weighted by Gasteiger charge is -2.17. The van der Waals surface area contributed by atoms with E-state index in [4.69, 9.17) is 16.3 Å². The first kappa shape index (κ1) is 22.4. The van der Waals surface area contributed by atoms with Crippen LogP contribution in [-0.2, 0) is 11.3 Å². The minimum atomic E-state index is -0.637. The molecule has 0 radical (unpaired) electrons. The van der Waals surface area contributed by atoms with E-state index in [2.05, 4.69) is 5.32 Å². The summed E-state index contributed by atoms with van der Waals surface area (Å²) in [5.74, 6) is 0.226. The molecule has 3 aromatic carbocycles. The quantitative estimate of drug-likeness (QED) is 0.472. The van der Waals surface area contributed by atoms with Crippen LogP contribution in [0.5, 0.6) is 5.75 Å². The first-order valence-electron chi connectivity index (χ1n) is 10.3. The Hall–Kier alpha value is -3.84.